The van der Waals surface area contributed by atoms with Crippen molar-refractivity contribution in [3.63, 3.8) is 0 Å². The number of nitrogens with zero attached hydrogens (tertiary/aromatic N) is 1. The zero-order valence-electron chi connectivity index (χ0n) is 10.9. The molecule has 2 aromatic rings. The van der Waals surface area contributed by atoms with Crippen LogP contribution in [0.3, 0.4) is 0 Å². The maximum atomic E-state index is 4.87. The molecule has 2 atom stereocenters. The third-order valence-corrected chi connectivity index (χ3v) is 4.54. The fourth-order valence-corrected chi connectivity index (χ4v) is 3.59. The van der Waals surface area contributed by atoms with Gasteiger partial charge >= 0.3 is 0 Å². The molecule has 19 heavy (non-hydrogen) atoms. The summed E-state index contributed by atoms with van der Waals surface area (Å²) in [4.78, 5) is 4.87. The zero-order chi connectivity index (χ0) is 12.7. The van der Waals surface area contributed by atoms with Crippen LogP contribution in [0.5, 0.6) is 0 Å². The predicted octanol–water partition coefficient (Wildman–Crippen LogP) is 3.84. The Kier molecular flexibility index (Phi) is 2.51. The van der Waals surface area contributed by atoms with E-state index in [0.29, 0.717) is 11.8 Å². The van der Waals surface area contributed by atoms with E-state index in [1.54, 1.807) is 0 Å². The molecule has 0 spiro atoms. The molecule has 94 valence electrons. The lowest BCUT2D eigenvalue weighted by molar-refractivity contribution is 0.533. The zero-order valence-corrected chi connectivity index (χ0v) is 10.9. The molecule has 0 N–H and O–H groups in total. The van der Waals surface area contributed by atoms with Gasteiger partial charge < -0.3 is 0 Å². The number of hydrogen-bond donors (Lipinski definition) is 0. The Morgan fingerprint density at radius 1 is 0.842 bits per heavy atom. The molecule has 2 aliphatic rings. The van der Waals surface area contributed by atoms with Gasteiger partial charge in [0.15, 0.2) is 0 Å². The number of aryl methyl sites for hydroxylation is 1. The molecule has 0 bridgehead atoms. The first-order valence-corrected chi connectivity index (χ1v) is 7.11. The van der Waals surface area contributed by atoms with Gasteiger partial charge in [-0.15, -0.1) is 0 Å². The van der Waals surface area contributed by atoms with Crippen LogP contribution in [0.25, 0.3) is 0 Å². The lowest BCUT2D eigenvalue weighted by atomic mass is 9.75. The van der Waals surface area contributed by atoms with Gasteiger partial charge in [0.05, 0.1) is 0 Å². The van der Waals surface area contributed by atoms with Gasteiger partial charge in [0.2, 0.25) is 0 Å². The Balaban J connectivity index is 1.72. The quantitative estimate of drug-likeness (QED) is 0.726. The van der Waals surface area contributed by atoms with E-state index in [2.05, 4.69) is 54.6 Å². The molecule has 0 saturated carbocycles. The molecule has 1 heteroatoms. The van der Waals surface area contributed by atoms with E-state index in [0.717, 1.165) is 6.54 Å². The van der Waals surface area contributed by atoms with Gasteiger partial charge in [0, 0.05) is 24.1 Å². The van der Waals surface area contributed by atoms with Gasteiger partial charge in [0.1, 0.15) is 0 Å². The van der Waals surface area contributed by atoms with Crippen molar-refractivity contribution in [1.29, 1.82) is 0 Å². The van der Waals surface area contributed by atoms with Gasteiger partial charge in [0.25, 0.3) is 0 Å². The molecule has 1 aliphatic heterocycles. The van der Waals surface area contributed by atoms with Crippen molar-refractivity contribution >= 4 is 5.71 Å². The molecular weight excluding hydrogens is 230 g/mol. The molecule has 0 radical (unpaired) electrons. The SMILES string of the molecule is c1ccc(C2CN=C3c4ccccc4CCC32)cc1. The van der Waals surface area contributed by atoms with Crippen LogP contribution >= 0.6 is 0 Å². The lowest BCUT2D eigenvalue weighted by Crippen LogP contribution is -2.24. The highest BCUT2D eigenvalue weighted by Gasteiger charge is 2.36. The third-order valence-electron chi connectivity index (χ3n) is 4.54. The maximum absolute atomic E-state index is 4.87. The highest BCUT2D eigenvalue weighted by molar-refractivity contribution is 6.06. The monoisotopic (exact) mass is 247 g/mol. The van der Waals surface area contributed by atoms with Crippen molar-refractivity contribution in [3.8, 4) is 0 Å². The van der Waals surface area contributed by atoms with Crippen LogP contribution in [0.1, 0.15) is 29.0 Å². The van der Waals surface area contributed by atoms with Gasteiger partial charge in [-0.2, -0.15) is 0 Å². The summed E-state index contributed by atoms with van der Waals surface area (Å²) in [5.74, 6) is 1.21. The molecule has 0 saturated heterocycles. The smallest absolute Gasteiger partial charge is 0.0468 e. The van der Waals surface area contributed by atoms with Crippen LogP contribution < -0.4 is 0 Å². The van der Waals surface area contributed by atoms with Crippen LogP contribution in [-0.2, 0) is 6.42 Å². The average molecular weight is 247 g/mol. The molecule has 1 aliphatic carbocycles. The average Bonchev–Trinajstić information content (AvgIpc) is 2.92. The number of aliphatic imine (C=N–C) groups is 1. The molecule has 0 amide bonds. The third kappa shape index (κ3) is 1.73. The molecule has 0 fully saturated rings. The second-order valence-electron chi connectivity index (χ2n) is 5.55. The minimum absolute atomic E-state index is 0.588. The summed E-state index contributed by atoms with van der Waals surface area (Å²) in [6, 6.07) is 19.7. The number of benzene rings is 2. The predicted molar refractivity (Wildman–Crippen MR) is 78.8 cm³/mol. The van der Waals surface area contributed by atoms with Gasteiger partial charge in [-0.05, 0) is 29.5 Å². The summed E-state index contributed by atoms with van der Waals surface area (Å²) in [6.45, 7) is 0.957. The van der Waals surface area contributed by atoms with Crippen molar-refractivity contribution in [2.45, 2.75) is 18.8 Å². The fraction of sp³-hybridized carbons (Fsp3) is 0.278. The van der Waals surface area contributed by atoms with E-state index in [1.165, 1.54) is 35.2 Å². The summed E-state index contributed by atoms with van der Waals surface area (Å²) in [7, 11) is 0. The van der Waals surface area contributed by atoms with Crippen molar-refractivity contribution in [3.05, 3.63) is 71.3 Å². The summed E-state index contributed by atoms with van der Waals surface area (Å²) in [5.41, 5.74) is 5.68. The minimum Gasteiger partial charge on any atom is -0.288 e. The van der Waals surface area contributed by atoms with Crippen LogP contribution in [0.4, 0.5) is 0 Å². The van der Waals surface area contributed by atoms with Crippen molar-refractivity contribution in [2.24, 2.45) is 10.9 Å². The fourth-order valence-electron chi connectivity index (χ4n) is 3.59. The van der Waals surface area contributed by atoms with E-state index in [9.17, 15) is 0 Å². The molecule has 2 unspecified atom stereocenters. The summed E-state index contributed by atoms with van der Waals surface area (Å²) in [5, 5.41) is 0. The topological polar surface area (TPSA) is 12.4 Å². The number of rotatable bonds is 1. The van der Waals surface area contributed by atoms with Gasteiger partial charge in [-0.1, -0.05) is 54.6 Å². The summed E-state index contributed by atoms with van der Waals surface area (Å²) < 4.78 is 0. The van der Waals surface area contributed by atoms with Gasteiger partial charge in [-0.3, -0.25) is 4.99 Å². The lowest BCUT2D eigenvalue weighted by Gasteiger charge is -2.27. The summed E-state index contributed by atoms with van der Waals surface area (Å²) in [6.07, 6.45) is 2.44. The standard InChI is InChI=1S/C18H17N/c1-2-6-13(7-3-1)17-12-19-18-15-9-5-4-8-14(15)10-11-16(17)18/h1-9,16-17H,10-12H2. The Bertz CT molecular complexity index is 627. The first-order valence-electron chi connectivity index (χ1n) is 7.11. The molecule has 2 aromatic carbocycles. The van der Waals surface area contributed by atoms with Crippen LogP contribution in [-0.4, -0.2) is 12.3 Å². The Labute approximate surface area is 114 Å². The highest BCUT2D eigenvalue weighted by atomic mass is 14.8. The van der Waals surface area contributed by atoms with E-state index >= 15 is 0 Å². The van der Waals surface area contributed by atoms with E-state index in [4.69, 9.17) is 4.99 Å². The highest BCUT2D eigenvalue weighted by Crippen LogP contribution is 2.40. The largest absolute Gasteiger partial charge is 0.288 e. The first kappa shape index (κ1) is 11.0. The maximum Gasteiger partial charge on any atom is 0.0468 e. The van der Waals surface area contributed by atoms with E-state index in [1.807, 2.05) is 0 Å². The molecule has 4 rings (SSSR count). The Morgan fingerprint density at radius 3 is 2.53 bits per heavy atom. The van der Waals surface area contributed by atoms with Crippen molar-refractivity contribution < 1.29 is 0 Å². The van der Waals surface area contributed by atoms with Crippen LogP contribution in [0.15, 0.2) is 59.6 Å². The van der Waals surface area contributed by atoms with E-state index < -0.39 is 0 Å². The normalized spacial score (nSPS) is 24.5. The summed E-state index contributed by atoms with van der Waals surface area (Å²) >= 11 is 0. The Morgan fingerprint density at radius 2 is 1.63 bits per heavy atom. The number of fused-ring (bicyclic) bond motifs is 3. The van der Waals surface area contributed by atoms with Crippen molar-refractivity contribution in [2.75, 3.05) is 6.54 Å². The van der Waals surface area contributed by atoms with Crippen LogP contribution in [0.2, 0.25) is 0 Å². The molecular formula is C18H17N. The molecule has 1 nitrogen and oxygen atoms in total. The first-order chi connectivity index (χ1) is 9.43. The van der Waals surface area contributed by atoms with Crippen LogP contribution in [0, 0.1) is 5.92 Å². The minimum atomic E-state index is 0.588. The van der Waals surface area contributed by atoms with E-state index in [-0.39, 0.29) is 0 Å². The second-order valence-corrected chi connectivity index (χ2v) is 5.55. The second kappa shape index (κ2) is 4.34. The van der Waals surface area contributed by atoms with Crippen molar-refractivity contribution in [1.82, 2.24) is 0 Å². The Hall–Kier alpha value is -1.89. The molecule has 1 heterocycles. The molecule has 0 aromatic heterocycles. The van der Waals surface area contributed by atoms with Gasteiger partial charge in [-0.25, -0.2) is 0 Å². The number of hydrogen-bond acceptors (Lipinski definition) is 1.